The van der Waals surface area contributed by atoms with E-state index in [-0.39, 0.29) is 18.7 Å². The van der Waals surface area contributed by atoms with Crippen LogP contribution in [-0.4, -0.2) is 88.1 Å². The third-order valence-corrected chi connectivity index (χ3v) is 7.11. The van der Waals surface area contributed by atoms with E-state index >= 15 is 0 Å². The van der Waals surface area contributed by atoms with Gasteiger partial charge >= 0.3 is 0 Å². The van der Waals surface area contributed by atoms with Crippen molar-refractivity contribution in [2.45, 2.75) is 67.0 Å². The lowest BCUT2D eigenvalue weighted by molar-refractivity contribution is -0.277. The van der Waals surface area contributed by atoms with Crippen molar-refractivity contribution < 1.29 is 35.0 Å². The lowest BCUT2D eigenvalue weighted by Crippen LogP contribution is -2.60. The van der Waals surface area contributed by atoms with E-state index in [2.05, 4.69) is 10.1 Å². The Hall–Kier alpha value is -1.50. The maximum atomic E-state index is 11.5. The number of hydrogen-bond acceptors (Lipinski definition) is 9. The molecule has 2 aromatic rings. The van der Waals surface area contributed by atoms with Gasteiger partial charge in [0.25, 0.3) is 0 Å². The molecule has 0 amide bonds. The first-order valence-corrected chi connectivity index (χ1v) is 10.9. The van der Waals surface area contributed by atoms with Gasteiger partial charge in [0.1, 0.15) is 48.4 Å². The predicted octanol–water partition coefficient (Wildman–Crippen LogP) is -0.145. The van der Waals surface area contributed by atoms with Gasteiger partial charge in [-0.15, -0.1) is 11.6 Å². The highest BCUT2D eigenvalue weighted by molar-refractivity contribution is 6.31. The lowest BCUT2D eigenvalue weighted by atomic mass is 9.88. The number of hydrogen-bond donors (Lipinski definition) is 5. The molecule has 32 heavy (non-hydrogen) atoms. The van der Waals surface area contributed by atoms with Gasteiger partial charge in [-0.2, -0.15) is 5.10 Å². The maximum absolute atomic E-state index is 11.5. The summed E-state index contributed by atoms with van der Waals surface area (Å²) in [7, 11) is 0. The smallest absolute Gasteiger partial charge is 0.229 e. The van der Waals surface area contributed by atoms with Crippen molar-refractivity contribution >= 4 is 23.2 Å². The summed E-state index contributed by atoms with van der Waals surface area (Å²) in [5.74, 6) is 0.247. The zero-order chi connectivity index (χ0) is 23.1. The van der Waals surface area contributed by atoms with Crippen molar-refractivity contribution in [3.05, 3.63) is 41.4 Å². The number of nitrogens with zero attached hydrogens (tertiary/aromatic N) is 3. The molecule has 10 nitrogen and oxygen atoms in total. The van der Waals surface area contributed by atoms with Crippen LogP contribution in [0.15, 0.2) is 30.9 Å². The SMILES string of the molecule is OC[C@H]1O[C@@H](Oc2ccc(Cl)c(CC(O)(Cn3cncn3)C3(Cl)CC3)c2)[C@H](O)[C@@H](O)[C@@H]1O. The van der Waals surface area contributed by atoms with Crippen LogP contribution in [0, 0.1) is 0 Å². The third kappa shape index (κ3) is 4.59. The monoisotopic (exact) mass is 489 g/mol. The van der Waals surface area contributed by atoms with Crippen LogP contribution in [0.5, 0.6) is 5.75 Å². The molecule has 176 valence electrons. The van der Waals surface area contributed by atoms with Crippen molar-refractivity contribution in [1.29, 1.82) is 0 Å². The standard InChI is InChI=1S/C20H25Cl2N3O7/c21-13-2-1-12(31-18-17(29)16(28)15(27)14(7-26)32-18)5-11(13)6-20(30,19(22)3-4-19)8-25-10-23-9-24-25/h1-2,5,9-10,14-18,26-30H,3-4,6-8H2/t14-,15-,16+,17-,18-,20?/m1/s1. The number of alkyl halides is 1. The molecule has 0 bridgehead atoms. The molecule has 0 radical (unpaired) electrons. The van der Waals surface area contributed by atoms with E-state index in [9.17, 15) is 25.5 Å². The van der Waals surface area contributed by atoms with Gasteiger partial charge in [0.2, 0.25) is 6.29 Å². The van der Waals surface area contributed by atoms with Gasteiger partial charge in [-0.1, -0.05) is 11.6 Å². The summed E-state index contributed by atoms with van der Waals surface area (Å²) in [6.45, 7) is -0.450. The zero-order valence-electron chi connectivity index (χ0n) is 17.0. The van der Waals surface area contributed by atoms with Gasteiger partial charge in [-0.3, -0.25) is 0 Å². The second kappa shape index (κ2) is 9.03. The first kappa shape index (κ1) is 23.7. The zero-order valence-corrected chi connectivity index (χ0v) is 18.5. The second-order valence-corrected chi connectivity index (χ2v) is 9.47. The molecule has 6 atom stereocenters. The minimum Gasteiger partial charge on any atom is -0.462 e. The summed E-state index contributed by atoms with van der Waals surface area (Å²) in [6, 6.07) is 4.69. The minimum atomic E-state index is -1.56. The highest BCUT2D eigenvalue weighted by Crippen LogP contribution is 2.53. The molecule has 1 aromatic heterocycles. The Morgan fingerprint density at radius 3 is 2.59 bits per heavy atom. The third-order valence-electron chi connectivity index (χ3n) is 6.01. The van der Waals surface area contributed by atoms with Crippen LogP contribution in [-0.2, 0) is 17.7 Å². The Bertz CT molecular complexity index is 928. The van der Waals surface area contributed by atoms with Crippen molar-refractivity contribution in [2.24, 2.45) is 0 Å². The summed E-state index contributed by atoms with van der Waals surface area (Å²) < 4.78 is 12.6. The van der Waals surface area contributed by atoms with E-state index < -0.39 is 47.8 Å². The fourth-order valence-electron chi connectivity index (χ4n) is 3.89. The topological polar surface area (TPSA) is 150 Å². The largest absolute Gasteiger partial charge is 0.462 e. The average Bonchev–Trinajstić information content (AvgIpc) is 3.33. The van der Waals surface area contributed by atoms with Crippen LogP contribution in [0.1, 0.15) is 18.4 Å². The van der Waals surface area contributed by atoms with Crippen LogP contribution in [0.3, 0.4) is 0 Å². The number of rotatable bonds is 8. The number of aliphatic hydroxyl groups excluding tert-OH is 4. The first-order chi connectivity index (χ1) is 15.2. The number of aliphatic hydroxyl groups is 5. The fourth-order valence-corrected chi connectivity index (χ4v) is 4.29. The number of ether oxygens (including phenoxy) is 2. The second-order valence-electron chi connectivity index (χ2n) is 8.34. The normalized spacial score (nSPS) is 31.2. The highest BCUT2D eigenvalue weighted by atomic mass is 35.5. The van der Waals surface area contributed by atoms with Gasteiger partial charge in [0, 0.05) is 11.4 Å². The Morgan fingerprint density at radius 2 is 1.97 bits per heavy atom. The van der Waals surface area contributed by atoms with E-state index in [4.69, 9.17) is 32.7 Å². The molecule has 2 fully saturated rings. The molecule has 1 saturated heterocycles. The van der Waals surface area contributed by atoms with Crippen LogP contribution in [0.4, 0.5) is 0 Å². The summed E-state index contributed by atoms with van der Waals surface area (Å²) in [4.78, 5) is 3.08. The quantitative estimate of drug-likeness (QED) is 0.319. The Morgan fingerprint density at radius 1 is 1.22 bits per heavy atom. The van der Waals surface area contributed by atoms with Crippen molar-refractivity contribution in [3.8, 4) is 5.75 Å². The van der Waals surface area contributed by atoms with Crippen molar-refractivity contribution in [2.75, 3.05) is 6.61 Å². The lowest BCUT2D eigenvalue weighted by Gasteiger charge is -2.39. The van der Waals surface area contributed by atoms with E-state index in [1.807, 2.05) is 0 Å². The molecular weight excluding hydrogens is 465 g/mol. The van der Waals surface area contributed by atoms with Gasteiger partial charge in [-0.25, -0.2) is 9.67 Å². The molecule has 4 rings (SSSR count). The Balaban J connectivity index is 1.54. The number of benzene rings is 1. The molecular formula is C20H25Cl2N3O7. The van der Waals surface area contributed by atoms with Crippen LogP contribution < -0.4 is 4.74 Å². The molecule has 1 aliphatic heterocycles. The highest BCUT2D eigenvalue weighted by Gasteiger charge is 2.58. The molecule has 1 aromatic carbocycles. The Kier molecular flexibility index (Phi) is 6.68. The molecule has 1 aliphatic carbocycles. The molecule has 2 heterocycles. The van der Waals surface area contributed by atoms with E-state index in [1.165, 1.54) is 23.4 Å². The van der Waals surface area contributed by atoms with E-state index in [0.717, 1.165) is 0 Å². The van der Waals surface area contributed by atoms with Gasteiger partial charge in [0.05, 0.1) is 18.0 Å². The molecule has 1 saturated carbocycles. The van der Waals surface area contributed by atoms with Gasteiger partial charge in [0.15, 0.2) is 0 Å². The summed E-state index contributed by atoms with van der Waals surface area (Å²) in [6.07, 6.45) is -2.78. The van der Waals surface area contributed by atoms with Crippen molar-refractivity contribution in [3.63, 3.8) is 0 Å². The van der Waals surface area contributed by atoms with Crippen molar-refractivity contribution in [1.82, 2.24) is 14.8 Å². The molecule has 0 spiro atoms. The number of halogens is 2. The summed E-state index contributed by atoms with van der Waals surface area (Å²) >= 11 is 13.0. The van der Waals surface area contributed by atoms with Crippen LogP contribution in [0.25, 0.3) is 0 Å². The molecule has 12 heteroatoms. The predicted molar refractivity (Wildman–Crippen MR) is 112 cm³/mol. The minimum absolute atomic E-state index is 0.0983. The van der Waals surface area contributed by atoms with E-state index in [0.29, 0.717) is 23.4 Å². The first-order valence-electron chi connectivity index (χ1n) is 10.2. The average molecular weight is 490 g/mol. The van der Waals surface area contributed by atoms with Gasteiger partial charge < -0.3 is 35.0 Å². The number of aromatic nitrogens is 3. The molecule has 2 aliphatic rings. The van der Waals surface area contributed by atoms with Crippen LogP contribution >= 0.6 is 23.2 Å². The van der Waals surface area contributed by atoms with E-state index in [1.54, 1.807) is 12.1 Å². The Labute approximate surface area is 193 Å². The van der Waals surface area contributed by atoms with Crippen LogP contribution in [0.2, 0.25) is 5.02 Å². The summed E-state index contributed by atoms with van der Waals surface area (Å²) in [5, 5.41) is 55.3. The summed E-state index contributed by atoms with van der Waals surface area (Å²) in [5.41, 5.74) is -0.823. The van der Waals surface area contributed by atoms with Gasteiger partial charge in [-0.05, 0) is 36.6 Å². The molecule has 5 N–H and O–H groups in total. The maximum Gasteiger partial charge on any atom is 0.229 e. The molecule has 1 unspecified atom stereocenters. The fraction of sp³-hybridized carbons (Fsp3) is 0.600.